The average Bonchev–Trinajstić information content (AvgIpc) is 2.28. The lowest BCUT2D eigenvalue weighted by Crippen LogP contribution is -2.38. The van der Waals surface area contributed by atoms with Gasteiger partial charge in [-0.1, -0.05) is 37.6 Å². The number of hydrogen-bond donors (Lipinski definition) is 2. The second-order valence-corrected chi connectivity index (χ2v) is 3.92. The van der Waals surface area contributed by atoms with Gasteiger partial charge in [-0.2, -0.15) is 0 Å². The van der Waals surface area contributed by atoms with Gasteiger partial charge in [-0.3, -0.25) is 0 Å². The van der Waals surface area contributed by atoms with Crippen LogP contribution >= 0.6 is 0 Å². The molecule has 0 aliphatic heterocycles. The summed E-state index contributed by atoms with van der Waals surface area (Å²) in [6, 6.07) is 0. The summed E-state index contributed by atoms with van der Waals surface area (Å²) in [5, 5.41) is 18.8. The van der Waals surface area contributed by atoms with Crippen LogP contribution in [0, 0.1) is 5.92 Å². The topological polar surface area (TPSA) is 66.8 Å². The Labute approximate surface area is 101 Å². The second-order valence-electron chi connectivity index (χ2n) is 3.92. The van der Waals surface area contributed by atoms with Crippen LogP contribution in [0.2, 0.25) is 0 Å². The molecule has 0 bridgehead atoms. The van der Waals surface area contributed by atoms with Crippen molar-refractivity contribution in [3.8, 4) is 0 Å². The number of carboxylic acids is 1. The molecule has 2 atom stereocenters. The number of rotatable bonds is 6. The Morgan fingerprint density at radius 1 is 1.53 bits per heavy atom. The zero-order valence-electron chi connectivity index (χ0n) is 9.87. The molecule has 17 heavy (non-hydrogen) atoms. The highest BCUT2D eigenvalue weighted by Crippen LogP contribution is 2.27. The Hall–Kier alpha value is -1.39. The number of hydrogen-bond acceptors (Lipinski definition) is 3. The standard InChI is InChI=1S/C13H18O4/c1-2-3-10-17-13(16)9-5-4-6-11(13)7-8-12(14)15/h4-9,11,16H,2-3,10H2,1H3,(H,14,15)/b8-7+. The van der Waals surface area contributed by atoms with Gasteiger partial charge in [0.05, 0.1) is 12.5 Å². The van der Waals surface area contributed by atoms with E-state index in [4.69, 9.17) is 9.84 Å². The third kappa shape index (κ3) is 4.17. The van der Waals surface area contributed by atoms with Crippen molar-refractivity contribution in [2.45, 2.75) is 25.6 Å². The van der Waals surface area contributed by atoms with E-state index in [1.54, 1.807) is 24.3 Å². The van der Waals surface area contributed by atoms with E-state index >= 15 is 0 Å². The Kier molecular flexibility index (Phi) is 5.12. The minimum absolute atomic E-state index is 0.447. The molecule has 0 aromatic rings. The van der Waals surface area contributed by atoms with E-state index in [9.17, 15) is 9.90 Å². The van der Waals surface area contributed by atoms with E-state index < -0.39 is 17.7 Å². The fourth-order valence-corrected chi connectivity index (χ4v) is 1.54. The summed E-state index contributed by atoms with van der Waals surface area (Å²) >= 11 is 0. The van der Waals surface area contributed by atoms with Crippen molar-refractivity contribution in [3.05, 3.63) is 36.5 Å². The zero-order valence-corrected chi connectivity index (χ0v) is 9.87. The molecule has 1 aliphatic carbocycles. The summed E-state index contributed by atoms with van der Waals surface area (Å²) in [5.74, 6) is -2.94. The van der Waals surface area contributed by atoms with Gasteiger partial charge in [0.1, 0.15) is 0 Å². The molecule has 4 heteroatoms. The van der Waals surface area contributed by atoms with Gasteiger partial charge in [0.15, 0.2) is 5.79 Å². The third-order valence-electron chi connectivity index (χ3n) is 2.52. The lowest BCUT2D eigenvalue weighted by Gasteiger charge is -2.31. The molecule has 2 N–H and O–H groups in total. The first-order chi connectivity index (χ1) is 8.08. The monoisotopic (exact) mass is 238 g/mol. The first-order valence-electron chi connectivity index (χ1n) is 5.72. The summed E-state index contributed by atoms with van der Waals surface area (Å²) in [6.45, 7) is 2.48. The second kappa shape index (κ2) is 6.37. The van der Waals surface area contributed by atoms with Crippen LogP contribution in [0.4, 0.5) is 0 Å². The fraction of sp³-hybridized carbons (Fsp3) is 0.462. The summed E-state index contributed by atoms with van der Waals surface area (Å²) < 4.78 is 5.43. The largest absolute Gasteiger partial charge is 0.478 e. The number of ether oxygens (including phenoxy) is 1. The minimum Gasteiger partial charge on any atom is -0.478 e. The number of aliphatic hydroxyl groups is 1. The molecule has 0 aromatic heterocycles. The maximum absolute atomic E-state index is 10.5. The van der Waals surface area contributed by atoms with Crippen LogP contribution < -0.4 is 0 Å². The summed E-state index contributed by atoms with van der Waals surface area (Å²) in [7, 11) is 0. The molecule has 0 heterocycles. The molecule has 0 saturated carbocycles. The molecule has 0 spiro atoms. The van der Waals surface area contributed by atoms with Gasteiger partial charge in [0.25, 0.3) is 0 Å². The van der Waals surface area contributed by atoms with Crippen LogP contribution in [0.3, 0.4) is 0 Å². The molecule has 1 rings (SSSR count). The Morgan fingerprint density at radius 3 is 2.94 bits per heavy atom. The van der Waals surface area contributed by atoms with Crippen molar-refractivity contribution < 1.29 is 19.7 Å². The highest BCUT2D eigenvalue weighted by molar-refractivity contribution is 5.79. The van der Waals surface area contributed by atoms with Crippen molar-refractivity contribution in [2.75, 3.05) is 6.61 Å². The lowest BCUT2D eigenvalue weighted by molar-refractivity contribution is -0.183. The third-order valence-corrected chi connectivity index (χ3v) is 2.52. The molecule has 0 amide bonds. The van der Waals surface area contributed by atoms with E-state index in [1.807, 2.05) is 6.92 Å². The van der Waals surface area contributed by atoms with Gasteiger partial charge in [-0.05, 0) is 12.5 Å². The molecular formula is C13H18O4. The Bertz CT molecular complexity index is 343. The summed E-state index contributed by atoms with van der Waals surface area (Å²) in [4.78, 5) is 10.5. The van der Waals surface area contributed by atoms with Crippen LogP contribution in [0.5, 0.6) is 0 Å². The number of unbranched alkanes of at least 4 members (excludes halogenated alkanes) is 1. The molecular weight excluding hydrogens is 220 g/mol. The molecule has 4 nitrogen and oxygen atoms in total. The van der Waals surface area contributed by atoms with E-state index in [2.05, 4.69) is 0 Å². The van der Waals surface area contributed by atoms with Crippen LogP contribution in [0.1, 0.15) is 19.8 Å². The predicted molar refractivity (Wildman–Crippen MR) is 64.4 cm³/mol. The number of carbonyl (C=O) groups is 1. The van der Waals surface area contributed by atoms with E-state index in [0.717, 1.165) is 18.9 Å². The Morgan fingerprint density at radius 2 is 2.29 bits per heavy atom. The first kappa shape index (κ1) is 13.7. The lowest BCUT2D eigenvalue weighted by atomic mass is 9.93. The maximum atomic E-state index is 10.5. The van der Waals surface area contributed by atoms with Crippen molar-refractivity contribution in [1.29, 1.82) is 0 Å². The van der Waals surface area contributed by atoms with Crippen molar-refractivity contribution in [1.82, 2.24) is 0 Å². The first-order valence-corrected chi connectivity index (χ1v) is 5.72. The maximum Gasteiger partial charge on any atom is 0.328 e. The Balaban J connectivity index is 2.68. The van der Waals surface area contributed by atoms with Gasteiger partial charge < -0.3 is 14.9 Å². The average molecular weight is 238 g/mol. The van der Waals surface area contributed by atoms with Crippen LogP contribution in [-0.2, 0) is 9.53 Å². The fourth-order valence-electron chi connectivity index (χ4n) is 1.54. The van der Waals surface area contributed by atoms with Crippen molar-refractivity contribution in [2.24, 2.45) is 5.92 Å². The summed E-state index contributed by atoms with van der Waals surface area (Å²) in [5.41, 5.74) is 0. The molecule has 0 aromatic carbocycles. The molecule has 1 aliphatic rings. The highest BCUT2D eigenvalue weighted by Gasteiger charge is 2.33. The van der Waals surface area contributed by atoms with Gasteiger partial charge in [0, 0.05) is 6.08 Å². The normalized spacial score (nSPS) is 27.8. The van der Waals surface area contributed by atoms with Crippen molar-refractivity contribution >= 4 is 5.97 Å². The number of allylic oxidation sites excluding steroid dienone is 2. The van der Waals surface area contributed by atoms with Crippen LogP contribution in [0.15, 0.2) is 36.5 Å². The van der Waals surface area contributed by atoms with E-state index in [1.165, 1.54) is 6.08 Å². The quantitative estimate of drug-likeness (QED) is 0.421. The highest BCUT2D eigenvalue weighted by atomic mass is 16.6. The number of carboxylic acid groups (broad SMARTS) is 1. The molecule has 0 radical (unpaired) electrons. The van der Waals surface area contributed by atoms with Crippen molar-refractivity contribution in [3.63, 3.8) is 0 Å². The molecule has 0 fully saturated rings. The predicted octanol–water partition coefficient (Wildman–Crippen LogP) is 1.87. The number of aliphatic carboxylic acids is 1. The van der Waals surface area contributed by atoms with Gasteiger partial charge in [-0.15, -0.1) is 0 Å². The zero-order chi connectivity index (χ0) is 12.7. The van der Waals surface area contributed by atoms with Crippen LogP contribution in [0.25, 0.3) is 0 Å². The van der Waals surface area contributed by atoms with Gasteiger partial charge in [0.2, 0.25) is 0 Å². The van der Waals surface area contributed by atoms with E-state index in [0.29, 0.717) is 6.61 Å². The van der Waals surface area contributed by atoms with E-state index in [-0.39, 0.29) is 0 Å². The molecule has 0 saturated heterocycles. The molecule has 94 valence electrons. The van der Waals surface area contributed by atoms with Gasteiger partial charge in [-0.25, -0.2) is 4.79 Å². The SMILES string of the molecule is CCCCOC1(O)C=CC=CC1/C=C/C(=O)O. The van der Waals surface area contributed by atoms with Gasteiger partial charge >= 0.3 is 5.97 Å². The van der Waals surface area contributed by atoms with Crippen LogP contribution in [-0.4, -0.2) is 28.6 Å². The summed E-state index contributed by atoms with van der Waals surface area (Å²) in [6.07, 6.45) is 11.0. The smallest absolute Gasteiger partial charge is 0.328 e. The molecule has 2 unspecified atom stereocenters. The minimum atomic E-state index is -1.43.